The third-order valence-electron chi connectivity index (χ3n) is 1.54. The van der Waals surface area contributed by atoms with Crippen molar-refractivity contribution in [3.63, 3.8) is 0 Å². The first kappa shape index (κ1) is 14.5. The van der Waals surface area contributed by atoms with Gasteiger partial charge >= 0.3 is 111 Å². The van der Waals surface area contributed by atoms with E-state index < -0.39 is 30.4 Å². The van der Waals surface area contributed by atoms with Crippen molar-refractivity contribution in [2.24, 2.45) is 5.92 Å². The van der Waals surface area contributed by atoms with E-state index in [4.69, 9.17) is 2.51 Å². The number of benzene rings is 1. The maximum atomic E-state index is 11.2. The molecule has 3 nitrogen and oxygen atoms in total. The van der Waals surface area contributed by atoms with E-state index >= 15 is 0 Å². The number of hydrogen-bond acceptors (Lipinski definition) is 3. The van der Waals surface area contributed by atoms with Crippen LogP contribution in [0.4, 0.5) is 0 Å². The molecule has 0 amide bonds. The van der Waals surface area contributed by atoms with Gasteiger partial charge < -0.3 is 0 Å². The van der Waals surface area contributed by atoms with Crippen LogP contribution in [-0.4, -0.2) is 14.7 Å². The summed E-state index contributed by atoms with van der Waals surface area (Å²) in [4.78, 5) is 0. The van der Waals surface area contributed by atoms with E-state index in [-0.39, 0.29) is 5.92 Å². The molecule has 0 aliphatic carbocycles. The van der Waals surface area contributed by atoms with Gasteiger partial charge in [0.05, 0.1) is 0 Å². The fourth-order valence-corrected chi connectivity index (χ4v) is 6.38. The van der Waals surface area contributed by atoms with Crippen molar-refractivity contribution in [3.05, 3.63) is 33.9 Å². The third kappa shape index (κ3) is 6.05. The van der Waals surface area contributed by atoms with E-state index in [1.165, 1.54) is 0 Å². The Labute approximate surface area is 111 Å². The summed E-state index contributed by atoms with van der Waals surface area (Å²) in [5, 5.41) is 0. The molecule has 0 bridgehead atoms. The van der Waals surface area contributed by atoms with Gasteiger partial charge in [-0.3, -0.25) is 0 Å². The van der Waals surface area contributed by atoms with Crippen molar-refractivity contribution < 1.29 is 10.9 Å². The van der Waals surface area contributed by atoms with Crippen LogP contribution in [0, 0.1) is 19.3 Å². The van der Waals surface area contributed by atoms with E-state index in [0.29, 0.717) is 0 Å². The molecule has 17 heavy (non-hydrogen) atoms. The molecule has 0 aliphatic heterocycles. The predicted molar refractivity (Wildman–Crippen MR) is 77.7 cm³/mol. The van der Waals surface area contributed by atoms with Crippen molar-refractivity contribution in [2.45, 2.75) is 13.8 Å². The molecule has 5 heteroatoms. The van der Waals surface area contributed by atoms with Gasteiger partial charge in [-0.1, -0.05) is 0 Å². The van der Waals surface area contributed by atoms with Crippen molar-refractivity contribution in [2.75, 3.05) is 6.26 Å². The maximum absolute atomic E-state index is 11.2. The van der Waals surface area contributed by atoms with Gasteiger partial charge in [-0.15, -0.1) is 0 Å². The second-order valence-corrected chi connectivity index (χ2v) is 9.52. The van der Waals surface area contributed by atoms with E-state index in [0.717, 1.165) is 9.83 Å². The zero-order chi connectivity index (χ0) is 12.9. The predicted octanol–water partition coefficient (Wildman–Crippen LogP) is 2.87. The monoisotopic (exact) mass is 366 g/mol. The first-order valence-corrected chi connectivity index (χ1v) is 9.90. The number of rotatable bonds is 3. The molecule has 94 valence electrons. The summed E-state index contributed by atoms with van der Waals surface area (Å²) in [5.41, 5.74) is 0. The zero-order valence-corrected chi connectivity index (χ0v) is 12.9. The van der Waals surface area contributed by atoms with Crippen LogP contribution >= 0.6 is 20.2 Å². The van der Waals surface area contributed by atoms with Crippen LogP contribution in [0.5, 0.6) is 0 Å². The molecule has 1 aromatic carbocycles. The van der Waals surface area contributed by atoms with Gasteiger partial charge in [0.15, 0.2) is 0 Å². The van der Waals surface area contributed by atoms with Crippen LogP contribution in [0.3, 0.4) is 0 Å². The summed E-state index contributed by atoms with van der Waals surface area (Å²) in [6.07, 6.45) is 1.07. The Morgan fingerprint density at radius 1 is 1.24 bits per heavy atom. The molecule has 0 saturated carbocycles. The van der Waals surface area contributed by atoms with E-state index in [1.807, 2.05) is 44.2 Å². The number of halogens is 1. The van der Waals surface area contributed by atoms with Crippen molar-refractivity contribution in [1.29, 1.82) is 0 Å². The topological polar surface area (TPSA) is 43.4 Å². The molecule has 0 aromatic heterocycles. The summed E-state index contributed by atoms with van der Waals surface area (Å²) < 4.78 is 31.4. The quantitative estimate of drug-likeness (QED) is 0.610. The summed E-state index contributed by atoms with van der Waals surface area (Å²) in [6, 6.07) is 9.34. The minimum atomic E-state index is -3.45. The van der Waals surface area contributed by atoms with Gasteiger partial charge in [0, 0.05) is 0 Å². The molecule has 0 fully saturated rings. The fraction of sp³-hybridized carbons (Fsp3) is 0.333. The first-order chi connectivity index (χ1) is 7.88. The Kier molecular flexibility index (Phi) is 5.43. The molecule has 0 heterocycles. The molecular formula is C12H15IO3S. The molecule has 0 atom stereocenters. The second-order valence-electron chi connectivity index (χ2n) is 3.71. The Morgan fingerprint density at radius 3 is 2.29 bits per heavy atom. The molecule has 0 radical (unpaired) electrons. The van der Waals surface area contributed by atoms with Crippen LogP contribution in [0.2, 0.25) is 0 Å². The molecule has 0 N–H and O–H groups in total. The van der Waals surface area contributed by atoms with E-state index in [2.05, 4.69) is 9.85 Å². The second kappa shape index (κ2) is 6.38. The van der Waals surface area contributed by atoms with Crippen LogP contribution < -0.4 is 0 Å². The average molecular weight is 366 g/mol. The molecule has 1 aromatic rings. The number of hydrogen-bond donors (Lipinski definition) is 0. The van der Waals surface area contributed by atoms with Crippen LogP contribution in [0.25, 0.3) is 0 Å². The summed E-state index contributed by atoms with van der Waals surface area (Å²) in [7, 11) is -3.45. The molecule has 0 saturated heterocycles. The van der Waals surface area contributed by atoms with Gasteiger partial charge in [0.1, 0.15) is 0 Å². The first-order valence-electron chi connectivity index (χ1n) is 5.04. The normalized spacial score (nSPS) is 11.9. The molecule has 0 aliphatic rings. The van der Waals surface area contributed by atoms with Crippen LogP contribution in [0.1, 0.15) is 13.8 Å². The Hall–Kier alpha value is -0.580. The SMILES string of the molecule is CC(C)C#CI(OS(C)(=O)=O)c1ccccc1. The van der Waals surface area contributed by atoms with Gasteiger partial charge in [0.25, 0.3) is 0 Å². The molecule has 1 rings (SSSR count). The standard InChI is InChI=1S/C12H15IO3S/c1-11(2)9-10-13(16-17(3,14)15)12-7-5-4-6-8-12/h4-8,11H,1-3H3. The van der Waals surface area contributed by atoms with E-state index in [1.54, 1.807) is 0 Å². The molecule has 0 spiro atoms. The Balaban J connectivity index is 3.01. The summed E-state index contributed by atoms with van der Waals surface area (Å²) >= 11 is -2.41. The van der Waals surface area contributed by atoms with E-state index in [9.17, 15) is 8.42 Å². The average Bonchev–Trinajstić information content (AvgIpc) is 2.24. The minimum absolute atomic E-state index is 0.210. The van der Waals surface area contributed by atoms with Gasteiger partial charge in [0.2, 0.25) is 0 Å². The Morgan fingerprint density at radius 2 is 1.82 bits per heavy atom. The Bertz CT molecular complexity index is 512. The van der Waals surface area contributed by atoms with Gasteiger partial charge in [-0.2, -0.15) is 0 Å². The van der Waals surface area contributed by atoms with Crippen molar-refractivity contribution in [3.8, 4) is 9.85 Å². The van der Waals surface area contributed by atoms with Crippen LogP contribution in [0.15, 0.2) is 30.3 Å². The zero-order valence-electron chi connectivity index (χ0n) is 9.98. The third-order valence-corrected chi connectivity index (χ3v) is 7.58. The summed E-state index contributed by atoms with van der Waals surface area (Å²) in [5.74, 6) is 3.21. The van der Waals surface area contributed by atoms with Crippen molar-refractivity contribution in [1.82, 2.24) is 0 Å². The fourth-order valence-electron chi connectivity index (χ4n) is 0.909. The van der Waals surface area contributed by atoms with Crippen LogP contribution in [-0.2, 0) is 12.6 Å². The summed E-state index contributed by atoms with van der Waals surface area (Å²) in [6.45, 7) is 3.93. The van der Waals surface area contributed by atoms with Crippen molar-refractivity contribution >= 4 is 30.4 Å². The molecule has 0 unspecified atom stereocenters. The van der Waals surface area contributed by atoms with Gasteiger partial charge in [-0.25, -0.2) is 0 Å². The molecular weight excluding hydrogens is 351 g/mol. The van der Waals surface area contributed by atoms with Gasteiger partial charge in [-0.05, 0) is 0 Å².